The summed E-state index contributed by atoms with van der Waals surface area (Å²) in [6, 6.07) is 18.1. The van der Waals surface area contributed by atoms with Crippen LogP contribution in [0.3, 0.4) is 0 Å². The maximum atomic E-state index is 2.36. The summed E-state index contributed by atoms with van der Waals surface area (Å²) in [6.07, 6.45) is 0. The van der Waals surface area contributed by atoms with Crippen molar-refractivity contribution in [2.24, 2.45) is 0 Å². The van der Waals surface area contributed by atoms with Crippen LogP contribution < -0.4 is 0 Å². The number of hydrogen-bond donors (Lipinski definition) is 0. The van der Waals surface area contributed by atoms with Crippen molar-refractivity contribution >= 4 is 9.52 Å². The zero-order valence-corrected chi connectivity index (χ0v) is 15.9. The van der Waals surface area contributed by atoms with Crippen LogP contribution >= 0.6 is 0 Å². The number of rotatable bonds is 2. The van der Waals surface area contributed by atoms with Crippen LogP contribution in [0.4, 0.5) is 0 Å². The minimum Gasteiger partial charge on any atom is -0.0663 e. The zero-order valence-electron chi connectivity index (χ0n) is 14.5. The second-order valence-corrected chi connectivity index (χ2v) is 9.24. The molecule has 0 radical (unpaired) electrons. The van der Waals surface area contributed by atoms with Crippen LogP contribution in [0.1, 0.15) is 44.4 Å². The first-order valence-corrected chi connectivity index (χ1v) is 10.3. The molecule has 0 saturated heterocycles. The summed E-state index contributed by atoms with van der Waals surface area (Å²) in [6.45, 7) is 9.33. The Morgan fingerprint density at radius 1 is 0.609 bits per heavy atom. The van der Waals surface area contributed by atoms with Gasteiger partial charge in [0.25, 0.3) is 0 Å². The SMILES string of the molecule is CC1=C(C)C([SiH2]C2c3ccccc3-c3ccccc32)C(C)=C1C. The van der Waals surface area contributed by atoms with Crippen LogP contribution in [-0.2, 0) is 0 Å². The van der Waals surface area contributed by atoms with Crippen LogP contribution in [0, 0.1) is 0 Å². The minimum absolute atomic E-state index is 0.327. The topological polar surface area (TPSA) is 0 Å². The highest BCUT2D eigenvalue weighted by atomic mass is 28.2. The van der Waals surface area contributed by atoms with Crippen molar-refractivity contribution in [1.82, 2.24) is 0 Å². The smallest absolute Gasteiger partial charge is 0.0475 e. The summed E-state index contributed by atoms with van der Waals surface area (Å²) in [5.74, 6) is 0. The second-order valence-electron chi connectivity index (χ2n) is 7.13. The van der Waals surface area contributed by atoms with Crippen LogP contribution in [0.2, 0.25) is 5.54 Å². The molecule has 0 atom stereocenters. The largest absolute Gasteiger partial charge is 0.0663 e. The van der Waals surface area contributed by atoms with Gasteiger partial charge in [-0.25, -0.2) is 0 Å². The Kier molecular flexibility index (Phi) is 3.42. The molecule has 0 fully saturated rings. The molecule has 4 rings (SSSR count). The van der Waals surface area contributed by atoms with Crippen LogP contribution in [0.25, 0.3) is 11.1 Å². The van der Waals surface area contributed by atoms with Gasteiger partial charge in [0.1, 0.15) is 0 Å². The molecule has 116 valence electrons. The molecule has 0 unspecified atom stereocenters. The van der Waals surface area contributed by atoms with Gasteiger partial charge in [-0.15, -0.1) is 0 Å². The normalized spacial score (nSPS) is 18.4. The molecule has 2 aromatic carbocycles. The molecule has 2 aromatic rings. The van der Waals surface area contributed by atoms with Gasteiger partial charge in [0.2, 0.25) is 0 Å². The van der Waals surface area contributed by atoms with Gasteiger partial charge in [0.05, 0.1) is 0 Å². The van der Waals surface area contributed by atoms with E-state index in [9.17, 15) is 0 Å². The number of fused-ring (bicyclic) bond motifs is 3. The fourth-order valence-corrected chi connectivity index (χ4v) is 7.55. The summed E-state index contributed by atoms with van der Waals surface area (Å²) in [5, 5.41) is 0. The maximum Gasteiger partial charge on any atom is 0.0475 e. The lowest BCUT2D eigenvalue weighted by Gasteiger charge is -2.21. The van der Waals surface area contributed by atoms with Gasteiger partial charge in [-0.3, -0.25) is 0 Å². The van der Waals surface area contributed by atoms with E-state index in [4.69, 9.17) is 0 Å². The van der Waals surface area contributed by atoms with E-state index < -0.39 is 0 Å². The number of allylic oxidation sites excluding steroid dienone is 4. The Labute approximate surface area is 141 Å². The molecule has 2 aliphatic carbocycles. The molecule has 0 saturated carbocycles. The lowest BCUT2D eigenvalue weighted by Crippen LogP contribution is -2.14. The predicted molar refractivity (Wildman–Crippen MR) is 103 cm³/mol. The number of benzene rings is 2. The maximum absolute atomic E-state index is 2.36. The molecular formula is C22H24Si. The quantitative estimate of drug-likeness (QED) is 0.651. The molecular weight excluding hydrogens is 292 g/mol. The van der Waals surface area contributed by atoms with E-state index in [0.717, 1.165) is 5.54 Å². The van der Waals surface area contributed by atoms with Gasteiger partial charge < -0.3 is 0 Å². The summed E-state index contributed by atoms with van der Waals surface area (Å²) in [4.78, 5) is 0. The van der Waals surface area contributed by atoms with E-state index >= 15 is 0 Å². The molecule has 0 aromatic heterocycles. The van der Waals surface area contributed by atoms with Crippen molar-refractivity contribution in [3.63, 3.8) is 0 Å². The highest BCUT2D eigenvalue weighted by Gasteiger charge is 2.33. The highest BCUT2D eigenvalue weighted by molar-refractivity contribution is 6.44. The Morgan fingerprint density at radius 3 is 1.52 bits per heavy atom. The Balaban J connectivity index is 1.79. The summed E-state index contributed by atoms with van der Waals surface area (Å²) in [7, 11) is -0.327. The van der Waals surface area contributed by atoms with Crippen molar-refractivity contribution in [3.8, 4) is 11.1 Å². The van der Waals surface area contributed by atoms with E-state index in [1.165, 1.54) is 11.1 Å². The molecule has 0 heterocycles. The molecule has 0 N–H and O–H groups in total. The van der Waals surface area contributed by atoms with Crippen molar-refractivity contribution in [2.75, 3.05) is 0 Å². The third kappa shape index (κ3) is 2.10. The lowest BCUT2D eigenvalue weighted by atomic mass is 10.1. The second kappa shape index (κ2) is 5.35. The van der Waals surface area contributed by atoms with E-state index in [1.54, 1.807) is 33.4 Å². The average Bonchev–Trinajstić information content (AvgIpc) is 2.99. The van der Waals surface area contributed by atoms with Gasteiger partial charge >= 0.3 is 0 Å². The summed E-state index contributed by atoms with van der Waals surface area (Å²) >= 11 is 0. The molecule has 1 heteroatoms. The zero-order chi connectivity index (χ0) is 16.1. The molecule has 0 aliphatic heterocycles. The third-order valence-corrected chi connectivity index (χ3v) is 9.27. The molecule has 23 heavy (non-hydrogen) atoms. The number of hydrogen-bond acceptors (Lipinski definition) is 0. The van der Waals surface area contributed by atoms with Gasteiger partial charge in [-0.1, -0.05) is 59.7 Å². The van der Waals surface area contributed by atoms with Crippen molar-refractivity contribution in [3.05, 3.63) is 82.0 Å². The Bertz CT molecular complexity index is 784. The molecule has 0 amide bonds. The molecule has 2 aliphatic rings. The summed E-state index contributed by atoms with van der Waals surface area (Å²) in [5.41, 5.74) is 13.8. The first-order valence-electron chi connectivity index (χ1n) is 8.63. The molecule has 0 bridgehead atoms. The van der Waals surface area contributed by atoms with E-state index in [-0.39, 0.29) is 9.52 Å². The van der Waals surface area contributed by atoms with Crippen LogP contribution in [0.15, 0.2) is 70.8 Å². The van der Waals surface area contributed by atoms with Crippen molar-refractivity contribution in [1.29, 1.82) is 0 Å². The van der Waals surface area contributed by atoms with Gasteiger partial charge in [0.15, 0.2) is 0 Å². The van der Waals surface area contributed by atoms with Gasteiger partial charge in [-0.2, -0.15) is 0 Å². The lowest BCUT2D eigenvalue weighted by molar-refractivity contribution is 1.06. The monoisotopic (exact) mass is 316 g/mol. The fraction of sp³-hybridized carbons (Fsp3) is 0.273. The van der Waals surface area contributed by atoms with Crippen molar-refractivity contribution in [2.45, 2.75) is 38.8 Å². The predicted octanol–water partition coefficient (Wildman–Crippen LogP) is 5.40. The summed E-state index contributed by atoms with van der Waals surface area (Å²) < 4.78 is 0. The fourth-order valence-electron chi connectivity index (χ4n) is 4.54. The van der Waals surface area contributed by atoms with Gasteiger partial charge in [-0.05, 0) is 72.2 Å². The minimum atomic E-state index is -0.327. The van der Waals surface area contributed by atoms with Gasteiger partial charge in [0, 0.05) is 9.52 Å². The van der Waals surface area contributed by atoms with E-state index in [1.807, 2.05) is 0 Å². The van der Waals surface area contributed by atoms with Crippen LogP contribution in [-0.4, -0.2) is 9.52 Å². The molecule has 0 spiro atoms. The van der Waals surface area contributed by atoms with Crippen LogP contribution in [0.5, 0.6) is 0 Å². The van der Waals surface area contributed by atoms with Crippen molar-refractivity contribution < 1.29 is 0 Å². The van der Waals surface area contributed by atoms with E-state index in [2.05, 4.69) is 76.2 Å². The highest BCUT2D eigenvalue weighted by Crippen LogP contribution is 2.49. The average molecular weight is 317 g/mol. The molecule has 0 nitrogen and oxygen atoms in total. The third-order valence-electron chi connectivity index (χ3n) is 6.22. The Morgan fingerprint density at radius 2 is 1.04 bits per heavy atom. The first kappa shape index (κ1) is 14.7. The standard InChI is InChI=1S/C22H24Si/c1-13-14(2)16(4)21(15(13)3)23-22-19-11-7-5-9-17(19)18-10-6-8-12-20(18)22/h5-12,21-22H,23H2,1-4H3. The first-order chi connectivity index (χ1) is 11.1. The Hall–Kier alpha value is -1.86. The van der Waals surface area contributed by atoms with E-state index in [0.29, 0.717) is 5.54 Å².